The Morgan fingerprint density at radius 3 is 2.91 bits per heavy atom. The van der Waals surface area contributed by atoms with E-state index in [4.69, 9.17) is 0 Å². The molecule has 0 amide bonds. The smallest absolute Gasteiger partial charge is 0.161 e. The van der Waals surface area contributed by atoms with E-state index < -0.39 is 0 Å². The highest BCUT2D eigenvalue weighted by atomic mass is 127. The van der Waals surface area contributed by atoms with Crippen molar-refractivity contribution in [1.82, 2.24) is 5.32 Å². The summed E-state index contributed by atoms with van der Waals surface area (Å²) in [6.45, 7) is 2.14. The monoisotopic (exact) mass is 423 g/mol. The van der Waals surface area contributed by atoms with Gasteiger partial charge in [0.2, 0.25) is 0 Å². The zero-order valence-electron chi connectivity index (χ0n) is 12.5. The average molecular weight is 423 g/mol. The molecule has 0 saturated heterocycles. The predicted octanol–water partition coefficient (Wildman–Crippen LogP) is 4.64. The second kappa shape index (κ2) is 5.71. The van der Waals surface area contributed by atoms with Crippen LogP contribution >= 0.6 is 34.4 Å². The van der Waals surface area contributed by atoms with Gasteiger partial charge < -0.3 is 5.32 Å². The first-order valence-electron chi connectivity index (χ1n) is 7.80. The summed E-state index contributed by atoms with van der Waals surface area (Å²) in [7, 11) is 0. The lowest BCUT2D eigenvalue weighted by atomic mass is 9.79. The lowest BCUT2D eigenvalue weighted by Crippen LogP contribution is -2.30. The molecule has 0 radical (unpaired) electrons. The topological polar surface area (TPSA) is 29.1 Å². The molecular weight excluding hydrogens is 405 g/mol. The van der Waals surface area contributed by atoms with Crippen molar-refractivity contribution in [3.63, 3.8) is 0 Å². The van der Waals surface area contributed by atoms with Crippen LogP contribution in [0, 0.1) is 10.5 Å². The van der Waals surface area contributed by atoms with E-state index in [0.717, 1.165) is 30.6 Å². The van der Waals surface area contributed by atoms with Crippen LogP contribution in [0.3, 0.4) is 0 Å². The number of Topliss-reactive ketones (excluding diaryl/α,β-unsaturated/α-hetero) is 1. The van der Waals surface area contributed by atoms with Crippen molar-refractivity contribution in [2.24, 2.45) is 0 Å². The van der Waals surface area contributed by atoms with Crippen molar-refractivity contribution >= 4 is 40.1 Å². The molecule has 1 aromatic carbocycles. The average Bonchev–Trinajstić information content (AvgIpc) is 2.96. The lowest BCUT2D eigenvalue weighted by molar-refractivity contribution is -0.116. The molecule has 2 nitrogen and oxygen atoms in total. The van der Waals surface area contributed by atoms with Crippen molar-refractivity contribution in [1.29, 1.82) is 0 Å². The number of benzene rings is 1. The molecule has 4 rings (SSSR count). The first-order chi connectivity index (χ1) is 10.6. The summed E-state index contributed by atoms with van der Waals surface area (Å²) in [4.78, 5) is 14.0. The Bertz CT molecular complexity index is 735. The molecule has 2 aliphatic heterocycles. The molecule has 3 aliphatic rings. The molecule has 22 heavy (non-hydrogen) atoms. The molecule has 1 atom stereocenters. The number of halogens is 1. The number of dihydropyridines is 1. The van der Waals surface area contributed by atoms with Gasteiger partial charge in [0, 0.05) is 43.5 Å². The first-order valence-corrected chi connectivity index (χ1v) is 9.86. The quantitative estimate of drug-likeness (QED) is 0.668. The Morgan fingerprint density at radius 1 is 1.23 bits per heavy atom. The van der Waals surface area contributed by atoms with Crippen LogP contribution < -0.4 is 5.32 Å². The maximum Gasteiger partial charge on any atom is 0.161 e. The normalized spacial score (nSPS) is 24.3. The summed E-state index contributed by atoms with van der Waals surface area (Å²) in [5.41, 5.74) is 6.17. The van der Waals surface area contributed by atoms with Crippen LogP contribution in [0.2, 0.25) is 0 Å². The predicted molar refractivity (Wildman–Crippen MR) is 99.8 cm³/mol. The van der Waals surface area contributed by atoms with Crippen LogP contribution in [0.25, 0.3) is 0 Å². The molecule has 1 N–H and O–H groups in total. The van der Waals surface area contributed by atoms with E-state index in [1.54, 1.807) is 0 Å². The number of ketones is 1. The van der Waals surface area contributed by atoms with Gasteiger partial charge in [-0.15, -0.1) is 11.8 Å². The number of hydrogen-bond acceptors (Lipinski definition) is 3. The fourth-order valence-electron chi connectivity index (χ4n) is 3.60. The van der Waals surface area contributed by atoms with Crippen molar-refractivity contribution in [2.45, 2.75) is 38.5 Å². The van der Waals surface area contributed by atoms with E-state index in [2.05, 4.69) is 53.0 Å². The number of thioether (sulfide) groups is 1. The van der Waals surface area contributed by atoms with Crippen LogP contribution in [0.1, 0.15) is 42.7 Å². The summed E-state index contributed by atoms with van der Waals surface area (Å²) in [6, 6.07) is 6.66. The number of rotatable bonds is 1. The van der Waals surface area contributed by atoms with E-state index >= 15 is 0 Å². The van der Waals surface area contributed by atoms with Crippen LogP contribution in [0.5, 0.6) is 0 Å². The van der Waals surface area contributed by atoms with E-state index in [1.807, 2.05) is 11.8 Å². The highest BCUT2D eigenvalue weighted by Gasteiger charge is 2.38. The Hall–Kier alpha value is -0.750. The standard InChI is InChI=1S/C18H18INOS/c1-10-5-6-11(9-12(10)19)16-17-13(3-2-4-15(17)21)20-14-7-8-22-18(14)16/h5-6,9,16,20H,2-4,7-8H2,1H3. The number of aryl methyl sites for hydroxylation is 1. The zero-order chi connectivity index (χ0) is 15.3. The number of nitrogens with one attached hydrogen (secondary N) is 1. The Labute approximate surface area is 149 Å². The zero-order valence-corrected chi connectivity index (χ0v) is 15.5. The SMILES string of the molecule is Cc1ccc(C2C3=C(CCS3)NC3=C2C(=O)CCC3)cc1I. The van der Waals surface area contributed by atoms with E-state index in [1.165, 1.54) is 31.0 Å². The van der Waals surface area contributed by atoms with Crippen molar-refractivity contribution < 1.29 is 4.79 Å². The van der Waals surface area contributed by atoms with Gasteiger partial charge in [0.05, 0.1) is 0 Å². The molecule has 1 aliphatic carbocycles. The fraction of sp³-hybridized carbons (Fsp3) is 0.389. The van der Waals surface area contributed by atoms with Crippen LogP contribution in [0.4, 0.5) is 0 Å². The second-order valence-corrected chi connectivity index (χ2v) is 8.48. The van der Waals surface area contributed by atoms with Crippen LogP contribution in [-0.4, -0.2) is 11.5 Å². The Balaban J connectivity index is 1.87. The largest absolute Gasteiger partial charge is 0.361 e. The summed E-state index contributed by atoms with van der Waals surface area (Å²) in [5.74, 6) is 1.64. The minimum Gasteiger partial charge on any atom is -0.361 e. The summed E-state index contributed by atoms with van der Waals surface area (Å²) in [5, 5.41) is 3.59. The van der Waals surface area contributed by atoms with E-state index in [-0.39, 0.29) is 5.92 Å². The minimum atomic E-state index is 0.167. The molecule has 114 valence electrons. The minimum absolute atomic E-state index is 0.167. The van der Waals surface area contributed by atoms with Gasteiger partial charge in [-0.2, -0.15) is 0 Å². The van der Waals surface area contributed by atoms with Crippen LogP contribution in [0.15, 0.2) is 40.1 Å². The lowest BCUT2D eigenvalue weighted by Gasteiger charge is -2.33. The van der Waals surface area contributed by atoms with Crippen molar-refractivity contribution in [2.75, 3.05) is 5.75 Å². The third-order valence-corrected chi connectivity index (χ3v) is 7.11. The van der Waals surface area contributed by atoms with Gasteiger partial charge >= 0.3 is 0 Å². The number of hydrogen-bond donors (Lipinski definition) is 1. The molecule has 0 saturated carbocycles. The van der Waals surface area contributed by atoms with Crippen molar-refractivity contribution in [3.05, 3.63) is 54.8 Å². The molecule has 0 aromatic heterocycles. The Kier molecular flexibility index (Phi) is 3.85. The summed E-state index contributed by atoms with van der Waals surface area (Å²) < 4.78 is 1.28. The summed E-state index contributed by atoms with van der Waals surface area (Å²) >= 11 is 4.33. The molecule has 1 aromatic rings. The molecule has 4 heteroatoms. The first kappa shape index (κ1) is 14.8. The Morgan fingerprint density at radius 2 is 2.09 bits per heavy atom. The third-order valence-electron chi connectivity index (χ3n) is 4.75. The van der Waals surface area contributed by atoms with Gasteiger partial charge in [0.15, 0.2) is 5.78 Å². The molecular formula is C18H18INOS. The van der Waals surface area contributed by atoms with Crippen molar-refractivity contribution in [3.8, 4) is 0 Å². The van der Waals surface area contributed by atoms with Gasteiger partial charge in [-0.05, 0) is 66.0 Å². The summed E-state index contributed by atoms with van der Waals surface area (Å²) in [6.07, 6.45) is 3.80. The highest BCUT2D eigenvalue weighted by molar-refractivity contribution is 14.1. The highest BCUT2D eigenvalue weighted by Crippen LogP contribution is 2.50. The number of carbonyl (C=O) groups excluding carboxylic acids is 1. The van der Waals surface area contributed by atoms with Gasteiger partial charge in [0.1, 0.15) is 0 Å². The molecule has 1 unspecified atom stereocenters. The maximum atomic E-state index is 12.6. The van der Waals surface area contributed by atoms with E-state index in [0.29, 0.717) is 12.2 Å². The van der Waals surface area contributed by atoms with Gasteiger partial charge in [-0.3, -0.25) is 4.79 Å². The van der Waals surface area contributed by atoms with Gasteiger partial charge in [-0.25, -0.2) is 0 Å². The molecule has 0 bridgehead atoms. The number of allylic oxidation sites excluding steroid dienone is 4. The molecule has 2 heterocycles. The molecule has 0 spiro atoms. The molecule has 0 fully saturated rings. The van der Waals surface area contributed by atoms with Gasteiger partial charge in [0.25, 0.3) is 0 Å². The van der Waals surface area contributed by atoms with Gasteiger partial charge in [-0.1, -0.05) is 12.1 Å². The van der Waals surface area contributed by atoms with E-state index in [9.17, 15) is 4.79 Å². The van der Waals surface area contributed by atoms with Crippen LogP contribution in [-0.2, 0) is 4.79 Å². The fourth-order valence-corrected chi connectivity index (χ4v) is 5.42. The number of carbonyl (C=O) groups is 1. The third kappa shape index (κ3) is 2.35. The maximum absolute atomic E-state index is 12.6. The second-order valence-electron chi connectivity index (χ2n) is 6.18.